The summed E-state index contributed by atoms with van der Waals surface area (Å²) < 4.78 is 20.7. The molecular formula is C24H21FO. The van der Waals surface area contributed by atoms with Gasteiger partial charge in [0.05, 0.1) is 5.56 Å². The molecule has 1 nitrogen and oxygen atoms in total. The first kappa shape index (κ1) is 16.6. The third-order valence-corrected chi connectivity index (χ3v) is 5.06. The molecule has 2 heteroatoms. The van der Waals surface area contributed by atoms with E-state index in [4.69, 9.17) is 4.42 Å². The predicted molar refractivity (Wildman–Crippen MR) is 106 cm³/mol. The SMILES string of the molecule is CCc1ccc2oc(-c3ccc(-c4ccc(C)c(C)c4)cc3F)cc2c1. The molecule has 130 valence electrons. The van der Waals surface area contributed by atoms with E-state index in [1.165, 1.54) is 16.7 Å². The van der Waals surface area contributed by atoms with Crippen molar-refractivity contribution in [2.75, 3.05) is 0 Å². The predicted octanol–water partition coefficient (Wildman–Crippen LogP) is 7.09. The summed E-state index contributed by atoms with van der Waals surface area (Å²) in [6, 6.07) is 19.6. The van der Waals surface area contributed by atoms with Crippen LogP contribution in [0.4, 0.5) is 4.39 Å². The van der Waals surface area contributed by atoms with Gasteiger partial charge in [-0.1, -0.05) is 37.3 Å². The van der Waals surface area contributed by atoms with Crippen LogP contribution in [0, 0.1) is 19.7 Å². The summed E-state index contributed by atoms with van der Waals surface area (Å²) >= 11 is 0. The molecule has 0 radical (unpaired) electrons. The van der Waals surface area contributed by atoms with Gasteiger partial charge in [0.2, 0.25) is 0 Å². The highest BCUT2D eigenvalue weighted by Crippen LogP contribution is 2.33. The summed E-state index contributed by atoms with van der Waals surface area (Å²) in [5.41, 5.74) is 6.86. The Hall–Kier alpha value is -2.87. The molecule has 4 aromatic rings. The second-order valence-corrected chi connectivity index (χ2v) is 6.83. The Morgan fingerprint density at radius 3 is 2.31 bits per heavy atom. The topological polar surface area (TPSA) is 13.1 Å². The van der Waals surface area contributed by atoms with Crippen LogP contribution in [-0.2, 0) is 6.42 Å². The van der Waals surface area contributed by atoms with Crippen LogP contribution < -0.4 is 0 Å². The quantitative estimate of drug-likeness (QED) is 0.387. The molecule has 0 saturated heterocycles. The molecule has 26 heavy (non-hydrogen) atoms. The molecule has 0 aliphatic heterocycles. The van der Waals surface area contributed by atoms with Crippen LogP contribution in [-0.4, -0.2) is 0 Å². The third kappa shape index (κ3) is 2.92. The molecule has 3 aromatic carbocycles. The zero-order valence-electron chi connectivity index (χ0n) is 15.3. The lowest BCUT2D eigenvalue weighted by atomic mass is 9.99. The summed E-state index contributed by atoms with van der Waals surface area (Å²) in [7, 11) is 0. The maximum atomic E-state index is 14.8. The van der Waals surface area contributed by atoms with Crippen molar-refractivity contribution in [2.24, 2.45) is 0 Å². The van der Waals surface area contributed by atoms with Crippen molar-refractivity contribution in [1.29, 1.82) is 0 Å². The zero-order valence-corrected chi connectivity index (χ0v) is 15.3. The summed E-state index contributed by atoms with van der Waals surface area (Å²) in [5.74, 6) is 0.299. The van der Waals surface area contributed by atoms with E-state index in [-0.39, 0.29) is 5.82 Å². The molecule has 0 atom stereocenters. The Bertz CT molecular complexity index is 1100. The van der Waals surface area contributed by atoms with E-state index in [2.05, 4.69) is 45.0 Å². The number of fused-ring (bicyclic) bond motifs is 1. The fraction of sp³-hybridized carbons (Fsp3) is 0.167. The summed E-state index contributed by atoms with van der Waals surface area (Å²) in [6.45, 7) is 6.27. The van der Waals surface area contributed by atoms with Gasteiger partial charge in [-0.05, 0) is 78.4 Å². The standard InChI is InChI=1S/C24H21FO/c1-4-17-6-10-23-20(12-17)14-24(26-23)21-9-8-19(13-22(21)25)18-7-5-15(2)16(3)11-18/h5-14H,4H2,1-3H3. The van der Waals surface area contributed by atoms with E-state index < -0.39 is 0 Å². The van der Waals surface area contributed by atoms with Crippen LogP contribution in [0.5, 0.6) is 0 Å². The summed E-state index contributed by atoms with van der Waals surface area (Å²) in [5, 5.41) is 1.01. The first-order valence-corrected chi connectivity index (χ1v) is 8.95. The van der Waals surface area contributed by atoms with Gasteiger partial charge >= 0.3 is 0 Å². The Morgan fingerprint density at radius 2 is 1.58 bits per heavy atom. The molecule has 4 rings (SSSR count). The molecular weight excluding hydrogens is 323 g/mol. The fourth-order valence-corrected chi connectivity index (χ4v) is 3.26. The average Bonchev–Trinajstić information content (AvgIpc) is 3.06. The lowest BCUT2D eigenvalue weighted by Gasteiger charge is -2.07. The first-order chi connectivity index (χ1) is 12.5. The molecule has 0 unspecified atom stereocenters. The van der Waals surface area contributed by atoms with Crippen LogP contribution in [0.3, 0.4) is 0 Å². The van der Waals surface area contributed by atoms with Gasteiger partial charge in [-0.15, -0.1) is 0 Å². The summed E-state index contributed by atoms with van der Waals surface area (Å²) in [4.78, 5) is 0. The highest BCUT2D eigenvalue weighted by molar-refractivity contribution is 5.84. The minimum absolute atomic E-state index is 0.268. The van der Waals surface area contributed by atoms with Crippen LogP contribution in [0.2, 0.25) is 0 Å². The minimum atomic E-state index is -0.268. The average molecular weight is 344 g/mol. The highest BCUT2D eigenvalue weighted by atomic mass is 19.1. The van der Waals surface area contributed by atoms with Gasteiger partial charge in [-0.25, -0.2) is 4.39 Å². The molecule has 0 saturated carbocycles. The van der Waals surface area contributed by atoms with E-state index >= 15 is 0 Å². The molecule has 0 spiro atoms. The van der Waals surface area contributed by atoms with Crippen LogP contribution in [0.25, 0.3) is 33.4 Å². The fourth-order valence-electron chi connectivity index (χ4n) is 3.26. The lowest BCUT2D eigenvalue weighted by molar-refractivity contribution is 0.602. The van der Waals surface area contributed by atoms with Crippen molar-refractivity contribution in [3.63, 3.8) is 0 Å². The molecule has 0 aliphatic rings. The molecule has 0 amide bonds. The van der Waals surface area contributed by atoms with Crippen molar-refractivity contribution in [3.8, 4) is 22.5 Å². The van der Waals surface area contributed by atoms with Crippen LogP contribution >= 0.6 is 0 Å². The van der Waals surface area contributed by atoms with Gasteiger partial charge in [0.15, 0.2) is 0 Å². The van der Waals surface area contributed by atoms with E-state index in [0.717, 1.165) is 28.5 Å². The van der Waals surface area contributed by atoms with E-state index in [0.29, 0.717) is 11.3 Å². The second-order valence-electron chi connectivity index (χ2n) is 6.83. The maximum absolute atomic E-state index is 14.8. The number of hydrogen-bond donors (Lipinski definition) is 0. The Balaban J connectivity index is 1.75. The number of benzene rings is 3. The van der Waals surface area contributed by atoms with Crippen molar-refractivity contribution >= 4 is 11.0 Å². The number of furan rings is 1. The molecule has 0 aliphatic carbocycles. The van der Waals surface area contributed by atoms with Gasteiger partial charge in [0, 0.05) is 5.39 Å². The lowest BCUT2D eigenvalue weighted by Crippen LogP contribution is -1.87. The third-order valence-electron chi connectivity index (χ3n) is 5.06. The molecule has 1 aromatic heterocycles. The van der Waals surface area contributed by atoms with E-state index in [9.17, 15) is 4.39 Å². The number of rotatable bonds is 3. The zero-order chi connectivity index (χ0) is 18.3. The smallest absolute Gasteiger partial charge is 0.138 e. The molecule has 1 heterocycles. The monoisotopic (exact) mass is 344 g/mol. The van der Waals surface area contributed by atoms with Crippen molar-refractivity contribution in [2.45, 2.75) is 27.2 Å². The number of halogens is 1. The Morgan fingerprint density at radius 1 is 0.808 bits per heavy atom. The summed E-state index contributed by atoms with van der Waals surface area (Å²) in [6.07, 6.45) is 0.968. The van der Waals surface area contributed by atoms with Crippen molar-refractivity contribution in [3.05, 3.63) is 83.2 Å². The van der Waals surface area contributed by atoms with Gasteiger partial charge in [-0.3, -0.25) is 0 Å². The first-order valence-electron chi connectivity index (χ1n) is 8.95. The van der Waals surface area contributed by atoms with Gasteiger partial charge in [-0.2, -0.15) is 0 Å². The Kier molecular flexibility index (Phi) is 4.12. The van der Waals surface area contributed by atoms with E-state index in [1.54, 1.807) is 12.1 Å². The Labute approximate surface area is 153 Å². The van der Waals surface area contributed by atoms with Gasteiger partial charge in [0.25, 0.3) is 0 Å². The molecule has 0 bridgehead atoms. The second kappa shape index (κ2) is 6.45. The minimum Gasteiger partial charge on any atom is -0.456 e. The molecule has 0 fully saturated rings. The number of aryl methyl sites for hydroxylation is 3. The van der Waals surface area contributed by atoms with Crippen LogP contribution in [0.1, 0.15) is 23.6 Å². The number of hydrogen-bond acceptors (Lipinski definition) is 1. The largest absolute Gasteiger partial charge is 0.456 e. The highest BCUT2D eigenvalue weighted by Gasteiger charge is 2.13. The molecule has 0 N–H and O–H groups in total. The van der Waals surface area contributed by atoms with E-state index in [1.807, 2.05) is 24.3 Å². The van der Waals surface area contributed by atoms with Gasteiger partial charge < -0.3 is 4.42 Å². The maximum Gasteiger partial charge on any atom is 0.138 e. The van der Waals surface area contributed by atoms with Gasteiger partial charge in [0.1, 0.15) is 17.2 Å². The van der Waals surface area contributed by atoms with Crippen molar-refractivity contribution in [1.82, 2.24) is 0 Å². The van der Waals surface area contributed by atoms with Crippen molar-refractivity contribution < 1.29 is 8.81 Å². The normalized spacial score (nSPS) is 11.2. The van der Waals surface area contributed by atoms with Crippen LogP contribution in [0.15, 0.2) is 65.1 Å².